The van der Waals surface area contributed by atoms with Gasteiger partial charge in [0, 0.05) is 38.1 Å². The number of likely N-dealkylation sites (tertiary alicyclic amines) is 1. The number of thiophene rings is 1. The number of hydrogen-bond acceptors (Lipinski definition) is 5. The quantitative estimate of drug-likeness (QED) is 0.290. The Morgan fingerprint density at radius 2 is 2.06 bits per heavy atom. The van der Waals surface area contributed by atoms with Crippen LogP contribution in [0.15, 0.2) is 45.3 Å². The van der Waals surface area contributed by atoms with Crippen LogP contribution in [-0.4, -0.2) is 62.2 Å². The number of rotatable bonds is 8. The van der Waals surface area contributed by atoms with E-state index in [1.165, 1.54) is 24.4 Å². The molecule has 2 N–H and O–H groups in total. The molecular formula is C23H36IN5OS. The molecule has 2 saturated heterocycles. The first-order chi connectivity index (χ1) is 14.8. The van der Waals surface area contributed by atoms with Crippen LogP contribution in [0.3, 0.4) is 0 Å². The normalized spacial score (nSPS) is 20.6. The number of nitrogens with one attached hydrogen (secondary N) is 2. The number of anilines is 1. The predicted octanol–water partition coefficient (Wildman–Crippen LogP) is 4.19. The number of likely N-dealkylation sites (N-methyl/N-ethyl adjacent to an activating group) is 1. The van der Waals surface area contributed by atoms with Crippen molar-refractivity contribution in [1.82, 2.24) is 15.5 Å². The zero-order valence-electron chi connectivity index (χ0n) is 18.5. The lowest BCUT2D eigenvalue weighted by Gasteiger charge is -2.33. The second-order valence-corrected chi connectivity index (χ2v) is 9.15. The number of nitrogens with zero attached hydrogens (tertiary/aromatic N) is 3. The van der Waals surface area contributed by atoms with Crippen molar-refractivity contribution in [3.05, 3.63) is 41.7 Å². The fraction of sp³-hybridized carbons (Fsp3) is 0.609. The summed E-state index contributed by atoms with van der Waals surface area (Å²) in [6.07, 6.45) is 7.45. The van der Waals surface area contributed by atoms with Crippen molar-refractivity contribution < 1.29 is 4.42 Å². The van der Waals surface area contributed by atoms with Gasteiger partial charge in [0.25, 0.3) is 0 Å². The Labute approximate surface area is 207 Å². The lowest BCUT2D eigenvalue weighted by molar-refractivity contribution is 0.273. The van der Waals surface area contributed by atoms with E-state index in [4.69, 9.17) is 9.41 Å². The van der Waals surface area contributed by atoms with E-state index in [9.17, 15) is 0 Å². The van der Waals surface area contributed by atoms with Crippen molar-refractivity contribution in [2.45, 2.75) is 51.1 Å². The summed E-state index contributed by atoms with van der Waals surface area (Å²) >= 11 is 1.83. The first-order valence-corrected chi connectivity index (χ1v) is 12.3. The zero-order valence-corrected chi connectivity index (χ0v) is 21.6. The molecule has 1 atom stereocenters. The molecule has 2 aliphatic rings. The second kappa shape index (κ2) is 12.7. The molecule has 1 unspecified atom stereocenters. The van der Waals surface area contributed by atoms with Gasteiger partial charge >= 0.3 is 0 Å². The van der Waals surface area contributed by atoms with E-state index in [0.717, 1.165) is 63.7 Å². The van der Waals surface area contributed by atoms with Crippen LogP contribution in [0, 0.1) is 0 Å². The summed E-state index contributed by atoms with van der Waals surface area (Å²) in [6.45, 7) is 8.49. The molecule has 2 aromatic heterocycles. The molecule has 4 heterocycles. The smallest absolute Gasteiger partial charge is 0.191 e. The van der Waals surface area contributed by atoms with Gasteiger partial charge in [-0.2, -0.15) is 0 Å². The molecule has 0 spiro atoms. The molecule has 6 nitrogen and oxygen atoms in total. The number of guanidine groups is 1. The van der Waals surface area contributed by atoms with Gasteiger partial charge in [-0.25, -0.2) is 0 Å². The van der Waals surface area contributed by atoms with Crippen molar-refractivity contribution in [3.63, 3.8) is 0 Å². The molecule has 2 aromatic rings. The first kappa shape index (κ1) is 24.4. The monoisotopic (exact) mass is 557 g/mol. The Bertz CT molecular complexity index is 759. The minimum Gasteiger partial charge on any atom is -0.469 e. The van der Waals surface area contributed by atoms with Gasteiger partial charge in [0.15, 0.2) is 5.96 Å². The van der Waals surface area contributed by atoms with E-state index >= 15 is 0 Å². The minimum atomic E-state index is 0. The van der Waals surface area contributed by atoms with Crippen molar-refractivity contribution in [1.29, 1.82) is 0 Å². The predicted molar refractivity (Wildman–Crippen MR) is 141 cm³/mol. The van der Waals surface area contributed by atoms with E-state index in [0.29, 0.717) is 12.1 Å². The summed E-state index contributed by atoms with van der Waals surface area (Å²) in [5.41, 5.74) is 0. The van der Waals surface area contributed by atoms with Crippen molar-refractivity contribution in [3.8, 4) is 0 Å². The van der Waals surface area contributed by atoms with Crippen LogP contribution < -0.4 is 15.5 Å². The van der Waals surface area contributed by atoms with Gasteiger partial charge in [-0.1, -0.05) is 6.92 Å². The third kappa shape index (κ3) is 7.12. The van der Waals surface area contributed by atoms with Crippen molar-refractivity contribution in [2.24, 2.45) is 4.99 Å². The standard InChI is InChI=1S/C23H35N5OS.HI/c1-2-27-13-3-6-20(27)18-25-23(24-12-9-21-7-4-16-29-21)26-19-10-14-28(15-11-19)22-8-5-17-30-22;/h4-5,7-8,16-17,19-20H,2-3,6,9-15,18H2,1H3,(H2,24,25,26);1H. The van der Waals surface area contributed by atoms with E-state index in [1.807, 2.05) is 23.5 Å². The molecule has 31 heavy (non-hydrogen) atoms. The van der Waals surface area contributed by atoms with Gasteiger partial charge in [-0.05, 0) is 68.4 Å². The molecule has 0 amide bonds. The minimum absolute atomic E-state index is 0. The lowest BCUT2D eigenvalue weighted by Crippen LogP contribution is -2.49. The van der Waals surface area contributed by atoms with Crippen LogP contribution in [0.4, 0.5) is 5.00 Å². The molecule has 0 bridgehead atoms. The van der Waals surface area contributed by atoms with Crippen LogP contribution in [0.25, 0.3) is 0 Å². The largest absolute Gasteiger partial charge is 0.469 e. The topological polar surface area (TPSA) is 56.0 Å². The Morgan fingerprint density at radius 1 is 1.19 bits per heavy atom. The molecule has 4 rings (SSSR count). The Balaban J connectivity index is 0.00000272. The summed E-state index contributed by atoms with van der Waals surface area (Å²) in [7, 11) is 0. The molecule has 0 aliphatic carbocycles. The highest BCUT2D eigenvalue weighted by Crippen LogP contribution is 2.24. The second-order valence-electron chi connectivity index (χ2n) is 8.23. The Morgan fingerprint density at radius 3 is 2.77 bits per heavy atom. The maximum Gasteiger partial charge on any atom is 0.191 e. The SMILES string of the molecule is CCN1CCCC1CN=C(NCCc1ccco1)NC1CCN(c2cccs2)CC1.I. The van der Waals surface area contributed by atoms with E-state index in [1.54, 1.807) is 6.26 Å². The van der Waals surface area contributed by atoms with E-state index in [-0.39, 0.29) is 24.0 Å². The third-order valence-electron chi connectivity index (χ3n) is 6.26. The van der Waals surface area contributed by atoms with Gasteiger partial charge < -0.3 is 20.0 Å². The van der Waals surface area contributed by atoms with Gasteiger partial charge in [0.05, 0.1) is 17.8 Å². The molecule has 2 aliphatic heterocycles. The molecule has 2 fully saturated rings. The van der Waals surface area contributed by atoms with Crippen LogP contribution >= 0.6 is 35.3 Å². The number of piperidine rings is 1. The fourth-order valence-corrected chi connectivity index (χ4v) is 5.30. The van der Waals surface area contributed by atoms with Crippen LogP contribution in [0.2, 0.25) is 0 Å². The fourth-order valence-electron chi connectivity index (χ4n) is 4.51. The van der Waals surface area contributed by atoms with Gasteiger partial charge in [0.1, 0.15) is 5.76 Å². The highest BCUT2D eigenvalue weighted by Gasteiger charge is 2.24. The van der Waals surface area contributed by atoms with Crippen molar-refractivity contribution >= 4 is 46.3 Å². The first-order valence-electron chi connectivity index (χ1n) is 11.4. The molecule has 0 radical (unpaired) electrons. The number of halogens is 1. The highest BCUT2D eigenvalue weighted by molar-refractivity contribution is 14.0. The summed E-state index contributed by atoms with van der Waals surface area (Å²) in [6, 6.07) is 9.40. The third-order valence-corrected chi connectivity index (χ3v) is 7.19. The highest BCUT2D eigenvalue weighted by atomic mass is 127. The van der Waals surface area contributed by atoms with Gasteiger partial charge in [0.2, 0.25) is 0 Å². The average molecular weight is 558 g/mol. The van der Waals surface area contributed by atoms with Crippen LogP contribution in [-0.2, 0) is 6.42 Å². The summed E-state index contributed by atoms with van der Waals surface area (Å²) < 4.78 is 5.47. The number of aliphatic imine (C=N–C) groups is 1. The Hall–Kier alpha value is -1.26. The Kier molecular flexibility index (Phi) is 9.98. The van der Waals surface area contributed by atoms with Gasteiger partial charge in [-0.3, -0.25) is 9.89 Å². The summed E-state index contributed by atoms with van der Waals surface area (Å²) in [5, 5.41) is 10.8. The molecular weight excluding hydrogens is 521 g/mol. The lowest BCUT2D eigenvalue weighted by atomic mass is 10.1. The number of furan rings is 1. The number of hydrogen-bond donors (Lipinski definition) is 2. The van der Waals surface area contributed by atoms with E-state index < -0.39 is 0 Å². The average Bonchev–Trinajstić information content (AvgIpc) is 3.55. The van der Waals surface area contributed by atoms with E-state index in [2.05, 4.69) is 44.9 Å². The maximum atomic E-state index is 5.47. The summed E-state index contributed by atoms with van der Waals surface area (Å²) in [5.74, 6) is 1.97. The van der Waals surface area contributed by atoms with Crippen LogP contribution in [0.5, 0.6) is 0 Å². The molecule has 8 heteroatoms. The molecule has 172 valence electrons. The van der Waals surface area contributed by atoms with Gasteiger partial charge in [-0.15, -0.1) is 35.3 Å². The molecule has 0 aromatic carbocycles. The summed E-state index contributed by atoms with van der Waals surface area (Å²) in [4.78, 5) is 10.1. The molecule has 0 saturated carbocycles. The van der Waals surface area contributed by atoms with Crippen molar-refractivity contribution in [2.75, 3.05) is 44.2 Å². The van der Waals surface area contributed by atoms with Crippen LogP contribution in [0.1, 0.15) is 38.4 Å². The zero-order chi connectivity index (χ0) is 20.6. The maximum absolute atomic E-state index is 5.47.